The van der Waals surface area contributed by atoms with Crippen LogP contribution < -0.4 is 11.2 Å². The Hall–Kier alpha value is -1.68. The fraction of sp³-hybridized carbons (Fsp3) is 0.647. The second-order valence-corrected chi connectivity index (χ2v) is 7.97. The summed E-state index contributed by atoms with van der Waals surface area (Å²) >= 11 is 0. The molecule has 9 heteroatoms. The van der Waals surface area contributed by atoms with Crippen LogP contribution in [0.5, 0.6) is 0 Å². The van der Waals surface area contributed by atoms with Gasteiger partial charge in [0, 0.05) is 25.1 Å². The summed E-state index contributed by atoms with van der Waals surface area (Å²) in [4.78, 5) is 6.52. The first kappa shape index (κ1) is 17.7. The van der Waals surface area contributed by atoms with Crippen LogP contribution in [0.2, 0.25) is 0 Å². The first-order valence-corrected chi connectivity index (χ1v) is 9.05. The fourth-order valence-corrected chi connectivity index (χ4v) is 3.41. The van der Waals surface area contributed by atoms with Crippen LogP contribution in [-0.4, -0.2) is 64.1 Å². The van der Waals surface area contributed by atoms with Crippen LogP contribution >= 0.6 is 0 Å². The number of hydrogen-bond acceptors (Lipinski definition) is 7. The van der Waals surface area contributed by atoms with Crippen molar-refractivity contribution in [1.82, 2.24) is 19.5 Å². The summed E-state index contributed by atoms with van der Waals surface area (Å²) in [7, 11) is -0.498. The predicted octanol–water partition coefficient (Wildman–Crippen LogP) is 0.443. The number of anilines is 1. The monoisotopic (exact) mass is 359 g/mol. The molecule has 8 nitrogen and oxygen atoms in total. The average Bonchev–Trinajstić information content (AvgIpc) is 3.04. The summed E-state index contributed by atoms with van der Waals surface area (Å²) in [5.41, 5.74) is 8.04. The second-order valence-electron chi connectivity index (χ2n) is 7.97. The average molecular weight is 359 g/mol. The maximum Gasteiger partial charge on any atom is 0.497 e. The molecule has 0 unspecified atom stereocenters. The van der Waals surface area contributed by atoms with E-state index in [-0.39, 0.29) is 0 Å². The topological polar surface area (TPSA) is 87.1 Å². The molecule has 2 aromatic rings. The molecule has 0 aromatic carbocycles. The molecule has 0 radical (unpaired) electrons. The van der Waals surface area contributed by atoms with E-state index in [4.69, 9.17) is 19.8 Å². The number of nitrogens with two attached hydrogens (primary N) is 1. The van der Waals surface area contributed by atoms with Gasteiger partial charge in [-0.2, -0.15) is 5.10 Å². The smallest absolute Gasteiger partial charge is 0.399 e. The Balaban J connectivity index is 1.73. The summed E-state index contributed by atoms with van der Waals surface area (Å²) in [6.45, 7) is 12.2. The first-order valence-electron chi connectivity index (χ1n) is 9.05. The molecule has 26 heavy (non-hydrogen) atoms. The molecule has 0 aliphatic carbocycles. The summed E-state index contributed by atoms with van der Waals surface area (Å²) in [5, 5.41) is 4.43. The first-order chi connectivity index (χ1) is 12.3. The molecule has 4 heterocycles. The minimum Gasteiger partial charge on any atom is -0.399 e. The van der Waals surface area contributed by atoms with E-state index in [1.807, 2.05) is 32.2 Å². The molecule has 4 rings (SSSR count). The predicted molar refractivity (Wildman–Crippen MR) is 99.2 cm³/mol. The van der Waals surface area contributed by atoms with E-state index < -0.39 is 18.3 Å². The van der Waals surface area contributed by atoms with Gasteiger partial charge in [-0.3, -0.25) is 4.90 Å². The number of morpholine rings is 1. The van der Waals surface area contributed by atoms with Gasteiger partial charge in [0.2, 0.25) is 0 Å². The highest BCUT2D eigenvalue weighted by Crippen LogP contribution is 2.37. The number of fused-ring (bicyclic) bond motifs is 1. The normalized spacial score (nSPS) is 23.0. The van der Waals surface area contributed by atoms with Gasteiger partial charge in [-0.25, -0.2) is 9.50 Å². The van der Waals surface area contributed by atoms with Gasteiger partial charge in [0.05, 0.1) is 30.1 Å². The van der Waals surface area contributed by atoms with Crippen LogP contribution in [0.3, 0.4) is 0 Å². The van der Waals surface area contributed by atoms with Gasteiger partial charge in [-0.05, 0) is 33.8 Å². The molecular formula is C17H26BN5O3. The minimum absolute atomic E-state index is 0.416. The van der Waals surface area contributed by atoms with E-state index in [1.165, 1.54) is 6.33 Å². The van der Waals surface area contributed by atoms with Crippen LogP contribution in [-0.2, 0) is 20.6 Å². The minimum atomic E-state index is -0.498. The van der Waals surface area contributed by atoms with Crippen LogP contribution in [0, 0.1) is 0 Å². The van der Waals surface area contributed by atoms with Gasteiger partial charge in [-0.15, -0.1) is 0 Å². The third-order valence-electron chi connectivity index (χ3n) is 5.68. The quantitative estimate of drug-likeness (QED) is 0.796. The zero-order valence-corrected chi connectivity index (χ0v) is 15.9. The van der Waals surface area contributed by atoms with Crippen molar-refractivity contribution in [3.63, 3.8) is 0 Å². The second kappa shape index (κ2) is 6.19. The largest absolute Gasteiger partial charge is 0.497 e. The van der Waals surface area contributed by atoms with Gasteiger partial charge in [0.25, 0.3) is 0 Å². The maximum atomic E-state index is 6.24. The molecule has 0 spiro atoms. The van der Waals surface area contributed by atoms with Crippen molar-refractivity contribution in [2.75, 3.05) is 32.0 Å². The van der Waals surface area contributed by atoms with Gasteiger partial charge >= 0.3 is 7.12 Å². The number of aromatic nitrogens is 3. The van der Waals surface area contributed by atoms with Gasteiger partial charge in [-0.1, -0.05) is 0 Å². The third-order valence-corrected chi connectivity index (χ3v) is 5.68. The molecule has 2 saturated heterocycles. The van der Waals surface area contributed by atoms with Gasteiger partial charge in [0.15, 0.2) is 5.82 Å². The maximum absolute atomic E-state index is 6.24. The number of ether oxygens (including phenoxy) is 1. The Bertz CT molecular complexity index is 800. The summed E-state index contributed by atoms with van der Waals surface area (Å²) in [6.07, 6.45) is 1.49. The highest BCUT2D eigenvalue weighted by Gasteiger charge is 2.52. The molecular weight excluding hydrogens is 333 g/mol. The van der Waals surface area contributed by atoms with Crippen LogP contribution in [0.25, 0.3) is 5.52 Å². The third kappa shape index (κ3) is 2.88. The van der Waals surface area contributed by atoms with Gasteiger partial charge in [0.1, 0.15) is 11.8 Å². The fourth-order valence-electron chi connectivity index (χ4n) is 3.41. The van der Waals surface area contributed by atoms with Crippen molar-refractivity contribution in [2.45, 2.75) is 45.4 Å². The van der Waals surface area contributed by atoms with E-state index in [0.29, 0.717) is 5.82 Å². The molecule has 2 aliphatic rings. The molecule has 2 aromatic heterocycles. The van der Waals surface area contributed by atoms with Crippen molar-refractivity contribution in [3.8, 4) is 0 Å². The molecule has 0 amide bonds. The number of nitrogens with zero attached hydrogens (tertiary/aromatic N) is 4. The van der Waals surface area contributed by atoms with Crippen molar-refractivity contribution in [2.24, 2.45) is 0 Å². The Labute approximate surface area is 153 Å². The van der Waals surface area contributed by atoms with E-state index in [9.17, 15) is 0 Å². The SMILES string of the molecule is CC1(C)OB(c2cc(CN3CCOCC3)n3ncnc(N)c23)OC1(C)C. The van der Waals surface area contributed by atoms with Crippen LogP contribution in [0.1, 0.15) is 33.4 Å². The standard InChI is InChI=1S/C17H26BN5O3/c1-16(2)17(3,4)26-18(25-16)13-9-12(10-22-5-7-24-8-6-22)23-14(13)15(19)20-11-21-23/h9,11H,5-8,10H2,1-4H3,(H2,19,20,21). The van der Waals surface area contributed by atoms with Gasteiger partial charge < -0.3 is 19.8 Å². The molecule has 0 saturated carbocycles. The van der Waals surface area contributed by atoms with Crippen molar-refractivity contribution in [3.05, 3.63) is 18.1 Å². The Morgan fingerprint density at radius 1 is 1.15 bits per heavy atom. The number of hydrogen-bond donors (Lipinski definition) is 1. The number of rotatable bonds is 3. The molecule has 2 N–H and O–H groups in total. The summed E-state index contributed by atoms with van der Waals surface area (Å²) < 4.78 is 19.8. The summed E-state index contributed by atoms with van der Waals surface area (Å²) in [5.74, 6) is 0.429. The number of nitrogen functional groups attached to an aromatic ring is 1. The lowest BCUT2D eigenvalue weighted by atomic mass is 9.79. The zero-order chi connectivity index (χ0) is 18.5. The van der Waals surface area contributed by atoms with E-state index >= 15 is 0 Å². The molecule has 0 bridgehead atoms. The van der Waals surface area contributed by atoms with E-state index in [1.54, 1.807) is 0 Å². The molecule has 2 fully saturated rings. The van der Waals surface area contributed by atoms with E-state index in [0.717, 1.165) is 49.5 Å². The molecule has 140 valence electrons. The lowest BCUT2D eigenvalue weighted by Gasteiger charge is -2.32. The Morgan fingerprint density at radius 2 is 1.81 bits per heavy atom. The highest BCUT2D eigenvalue weighted by molar-refractivity contribution is 6.64. The van der Waals surface area contributed by atoms with Crippen LogP contribution in [0.15, 0.2) is 12.4 Å². The van der Waals surface area contributed by atoms with E-state index in [2.05, 4.69) is 21.0 Å². The Kier molecular flexibility index (Phi) is 4.22. The Morgan fingerprint density at radius 3 is 2.46 bits per heavy atom. The van der Waals surface area contributed by atoms with Crippen molar-refractivity contribution in [1.29, 1.82) is 0 Å². The highest BCUT2D eigenvalue weighted by atomic mass is 16.7. The lowest BCUT2D eigenvalue weighted by Crippen LogP contribution is -2.41. The lowest BCUT2D eigenvalue weighted by molar-refractivity contribution is 0.00578. The summed E-state index contributed by atoms with van der Waals surface area (Å²) in [6, 6.07) is 2.08. The van der Waals surface area contributed by atoms with Crippen molar-refractivity contribution < 1.29 is 14.0 Å². The van der Waals surface area contributed by atoms with Crippen molar-refractivity contribution >= 4 is 23.9 Å². The molecule has 2 aliphatic heterocycles. The molecule has 0 atom stereocenters. The van der Waals surface area contributed by atoms with Crippen LogP contribution in [0.4, 0.5) is 5.82 Å². The zero-order valence-electron chi connectivity index (χ0n) is 15.9.